The highest BCUT2D eigenvalue weighted by Crippen LogP contribution is 2.47. The molecule has 0 N–H and O–H groups in total. The Morgan fingerprint density at radius 1 is 1.11 bits per heavy atom. The van der Waals surface area contributed by atoms with Gasteiger partial charge in [0.1, 0.15) is 18.1 Å². The Morgan fingerprint density at radius 2 is 2.00 bits per heavy atom. The third-order valence-corrected chi connectivity index (χ3v) is 5.68. The number of amides is 1. The van der Waals surface area contributed by atoms with Crippen molar-refractivity contribution in [2.45, 2.75) is 37.6 Å². The normalized spacial score (nSPS) is 29.4. The number of halogens is 1. The first-order valence-electron chi connectivity index (χ1n) is 9.38. The van der Waals surface area contributed by atoms with Crippen LogP contribution in [-0.4, -0.2) is 33.9 Å². The van der Waals surface area contributed by atoms with Gasteiger partial charge in [-0.1, -0.05) is 12.1 Å². The molecule has 7 heteroatoms. The number of aromatic nitrogens is 2. The molecule has 0 saturated heterocycles. The molecule has 1 aliphatic carbocycles. The quantitative estimate of drug-likeness (QED) is 0.802. The van der Waals surface area contributed by atoms with Gasteiger partial charge in [0.05, 0.1) is 17.5 Å². The Labute approximate surface area is 161 Å². The average Bonchev–Trinajstić information content (AvgIpc) is 3.03. The molecule has 0 bridgehead atoms. The lowest BCUT2D eigenvalue weighted by Gasteiger charge is -2.36. The Balaban J connectivity index is 1.64. The SMILES string of the molecule is O=C1C2=C(OC3CCC(F)CC13)C(=O)N(c1ccccn1)C2c1cccnc1. The lowest BCUT2D eigenvalue weighted by molar-refractivity contribution is -0.133. The van der Waals surface area contributed by atoms with Crippen LogP contribution in [0.5, 0.6) is 0 Å². The van der Waals surface area contributed by atoms with Gasteiger partial charge in [-0.25, -0.2) is 9.37 Å². The van der Waals surface area contributed by atoms with Crippen LogP contribution in [0.3, 0.4) is 0 Å². The third kappa shape index (κ3) is 2.53. The molecular weight excluding hydrogens is 361 g/mol. The molecule has 0 radical (unpaired) electrons. The maximum Gasteiger partial charge on any atom is 0.295 e. The van der Waals surface area contributed by atoms with Crippen molar-refractivity contribution in [3.8, 4) is 0 Å². The van der Waals surface area contributed by atoms with Crippen molar-refractivity contribution in [3.05, 3.63) is 65.8 Å². The monoisotopic (exact) mass is 379 g/mol. The smallest absolute Gasteiger partial charge is 0.295 e. The summed E-state index contributed by atoms with van der Waals surface area (Å²) in [6.07, 6.45) is 4.31. The van der Waals surface area contributed by atoms with Gasteiger partial charge in [0.25, 0.3) is 5.91 Å². The van der Waals surface area contributed by atoms with Crippen LogP contribution in [0.15, 0.2) is 60.3 Å². The number of rotatable bonds is 2. The van der Waals surface area contributed by atoms with Gasteiger partial charge in [-0.2, -0.15) is 0 Å². The molecule has 2 aromatic heterocycles. The van der Waals surface area contributed by atoms with Crippen molar-refractivity contribution >= 4 is 17.5 Å². The van der Waals surface area contributed by atoms with Crippen LogP contribution in [0, 0.1) is 5.92 Å². The number of carbonyl (C=O) groups excluding carboxylic acids is 2. The van der Waals surface area contributed by atoms with E-state index < -0.39 is 30.1 Å². The van der Waals surface area contributed by atoms with Gasteiger partial charge >= 0.3 is 0 Å². The summed E-state index contributed by atoms with van der Waals surface area (Å²) < 4.78 is 20.0. The van der Waals surface area contributed by atoms with Crippen molar-refractivity contribution in [3.63, 3.8) is 0 Å². The molecule has 1 saturated carbocycles. The molecule has 2 aromatic rings. The highest BCUT2D eigenvalue weighted by Gasteiger charge is 2.53. The second kappa shape index (κ2) is 6.51. The minimum absolute atomic E-state index is 0.0723. The molecule has 5 rings (SSSR count). The van der Waals surface area contributed by atoms with Crippen LogP contribution in [0.25, 0.3) is 0 Å². The van der Waals surface area contributed by atoms with Crippen LogP contribution in [-0.2, 0) is 14.3 Å². The van der Waals surface area contributed by atoms with Crippen molar-refractivity contribution in [2.75, 3.05) is 4.90 Å². The molecule has 4 atom stereocenters. The lowest BCUT2D eigenvalue weighted by Crippen LogP contribution is -2.42. The van der Waals surface area contributed by atoms with E-state index in [1.165, 1.54) is 4.90 Å². The molecule has 3 aliphatic rings. The molecule has 0 aromatic carbocycles. The Hall–Kier alpha value is -3.09. The molecule has 6 nitrogen and oxygen atoms in total. The number of hydrogen-bond donors (Lipinski definition) is 0. The molecule has 4 unspecified atom stereocenters. The molecule has 4 heterocycles. The van der Waals surface area contributed by atoms with E-state index in [1.807, 2.05) is 6.07 Å². The standard InChI is InChI=1S/C21H18FN3O3/c22-13-6-7-15-14(10-13)19(26)17-18(12-4-3-8-23-11-12)25(21(27)20(17)28-15)16-5-1-2-9-24-16/h1-5,8-9,11,13-15,18H,6-7,10H2. The lowest BCUT2D eigenvalue weighted by atomic mass is 9.77. The zero-order valence-electron chi connectivity index (χ0n) is 15.0. The predicted octanol–water partition coefficient (Wildman–Crippen LogP) is 2.92. The van der Waals surface area contributed by atoms with E-state index in [4.69, 9.17) is 4.74 Å². The second-order valence-electron chi connectivity index (χ2n) is 7.33. The third-order valence-electron chi connectivity index (χ3n) is 5.68. The second-order valence-corrected chi connectivity index (χ2v) is 7.33. The average molecular weight is 379 g/mol. The number of fused-ring (bicyclic) bond motifs is 1. The van der Waals surface area contributed by atoms with Gasteiger partial charge < -0.3 is 4.74 Å². The van der Waals surface area contributed by atoms with E-state index in [0.29, 0.717) is 29.8 Å². The number of hydrogen-bond acceptors (Lipinski definition) is 5. The van der Waals surface area contributed by atoms with Crippen molar-refractivity contribution in [1.82, 2.24) is 9.97 Å². The number of carbonyl (C=O) groups is 2. The summed E-state index contributed by atoms with van der Waals surface area (Å²) in [6, 6.07) is 8.14. The largest absolute Gasteiger partial charge is 0.483 e. The minimum atomic E-state index is -1.02. The van der Waals surface area contributed by atoms with Gasteiger partial charge in [0.2, 0.25) is 0 Å². The molecule has 2 aliphatic heterocycles. The number of nitrogens with zero attached hydrogens (tertiary/aromatic N) is 3. The van der Waals surface area contributed by atoms with E-state index in [9.17, 15) is 14.0 Å². The first-order chi connectivity index (χ1) is 13.6. The summed E-state index contributed by atoms with van der Waals surface area (Å²) in [5, 5.41) is 0. The van der Waals surface area contributed by atoms with Gasteiger partial charge in [-0.3, -0.25) is 19.5 Å². The summed E-state index contributed by atoms with van der Waals surface area (Å²) in [5.41, 5.74) is 0.980. The summed E-state index contributed by atoms with van der Waals surface area (Å²) in [7, 11) is 0. The van der Waals surface area contributed by atoms with Gasteiger partial charge in [-0.05, 0) is 43.0 Å². The number of pyridine rings is 2. The maximum absolute atomic E-state index is 14.0. The molecule has 1 fully saturated rings. The van der Waals surface area contributed by atoms with Gasteiger partial charge in [0, 0.05) is 18.6 Å². The molecule has 0 spiro atoms. The zero-order chi connectivity index (χ0) is 19.3. The summed E-state index contributed by atoms with van der Waals surface area (Å²) >= 11 is 0. The predicted molar refractivity (Wildman–Crippen MR) is 97.8 cm³/mol. The summed E-state index contributed by atoms with van der Waals surface area (Å²) in [5.74, 6) is -0.648. The minimum Gasteiger partial charge on any atom is -0.483 e. The van der Waals surface area contributed by atoms with Crippen LogP contribution in [0.2, 0.25) is 0 Å². The van der Waals surface area contributed by atoms with Crippen LogP contribution in [0.1, 0.15) is 30.9 Å². The Morgan fingerprint density at radius 3 is 2.75 bits per heavy atom. The first-order valence-corrected chi connectivity index (χ1v) is 9.38. The highest BCUT2D eigenvalue weighted by atomic mass is 19.1. The number of anilines is 1. The fraction of sp³-hybridized carbons (Fsp3) is 0.333. The van der Waals surface area contributed by atoms with Crippen LogP contribution in [0.4, 0.5) is 10.2 Å². The van der Waals surface area contributed by atoms with E-state index in [1.54, 1.807) is 42.9 Å². The summed E-state index contributed by atoms with van der Waals surface area (Å²) in [4.78, 5) is 36.6. The Kier molecular flexibility index (Phi) is 3.96. The van der Waals surface area contributed by atoms with Crippen molar-refractivity contribution in [1.29, 1.82) is 0 Å². The van der Waals surface area contributed by atoms with Crippen molar-refractivity contribution < 1.29 is 18.7 Å². The summed E-state index contributed by atoms with van der Waals surface area (Å²) in [6.45, 7) is 0. The zero-order valence-corrected chi connectivity index (χ0v) is 15.0. The van der Waals surface area contributed by atoms with Gasteiger partial charge in [0.15, 0.2) is 11.5 Å². The van der Waals surface area contributed by atoms with E-state index in [-0.39, 0.29) is 18.0 Å². The van der Waals surface area contributed by atoms with E-state index >= 15 is 0 Å². The first kappa shape index (κ1) is 17.0. The fourth-order valence-corrected chi connectivity index (χ4v) is 4.40. The van der Waals surface area contributed by atoms with E-state index in [0.717, 1.165) is 0 Å². The number of Topliss-reactive ketones (excluding diaryl/α,β-unsaturated/α-hetero) is 1. The van der Waals surface area contributed by atoms with Crippen molar-refractivity contribution in [2.24, 2.45) is 5.92 Å². The maximum atomic E-state index is 14.0. The van der Waals surface area contributed by atoms with Gasteiger partial charge in [-0.15, -0.1) is 0 Å². The van der Waals surface area contributed by atoms with Crippen LogP contribution < -0.4 is 4.90 Å². The molecule has 28 heavy (non-hydrogen) atoms. The fourth-order valence-electron chi connectivity index (χ4n) is 4.40. The molecular formula is C21H18FN3O3. The topological polar surface area (TPSA) is 72.4 Å². The number of ether oxygens (including phenoxy) is 1. The van der Waals surface area contributed by atoms with Crippen LogP contribution >= 0.6 is 0 Å². The molecule has 142 valence electrons. The molecule has 1 amide bonds. The highest BCUT2D eigenvalue weighted by molar-refractivity contribution is 6.17. The van der Waals surface area contributed by atoms with E-state index in [2.05, 4.69) is 9.97 Å². The number of alkyl halides is 1. The number of ketones is 1. The Bertz CT molecular complexity index is 963.